The predicted molar refractivity (Wildman–Crippen MR) is 58.4 cm³/mol. The highest BCUT2D eigenvalue weighted by atomic mass is 16.2. The third-order valence-corrected chi connectivity index (χ3v) is 2.54. The van der Waals surface area contributed by atoms with Crippen molar-refractivity contribution in [2.75, 3.05) is 11.1 Å². The van der Waals surface area contributed by atoms with Crippen LogP contribution in [0.4, 0.5) is 16.2 Å². The molecule has 0 aliphatic heterocycles. The summed E-state index contributed by atoms with van der Waals surface area (Å²) in [5, 5.41) is 5.56. The number of aromatic nitrogens is 1. The molecule has 80 valence electrons. The third-order valence-electron chi connectivity index (χ3n) is 2.54. The Bertz CT molecular complexity index is 362. The lowest BCUT2D eigenvalue weighted by atomic mass is 9.93. The number of anilines is 2. The highest BCUT2D eigenvalue weighted by Gasteiger charge is 2.19. The van der Waals surface area contributed by atoms with Crippen LogP contribution in [0.15, 0.2) is 18.5 Å². The fourth-order valence-corrected chi connectivity index (χ4v) is 1.42. The van der Waals surface area contributed by atoms with E-state index in [0.29, 0.717) is 17.4 Å². The van der Waals surface area contributed by atoms with Gasteiger partial charge in [0.25, 0.3) is 0 Å². The third kappa shape index (κ3) is 2.37. The van der Waals surface area contributed by atoms with Gasteiger partial charge < -0.3 is 16.4 Å². The number of hydrogen-bond donors (Lipinski definition) is 3. The molecule has 1 saturated carbocycles. The summed E-state index contributed by atoms with van der Waals surface area (Å²) < 4.78 is 0. The molecule has 0 atom stereocenters. The van der Waals surface area contributed by atoms with E-state index in [1.165, 1.54) is 12.6 Å². The van der Waals surface area contributed by atoms with Gasteiger partial charge in [-0.2, -0.15) is 0 Å². The molecule has 1 aliphatic carbocycles. The molecule has 1 aromatic heterocycles. The number of amides is 2. The standard InChI is InChI=1S/C10H14N4O/c11-8-6-12-5-4-9(8)14-10(15)13-7-2-1-3-7/h4-7H,1-3,11H2,(H2,12,13,14,15). The fourth-order valence-electron chi connectivity index (χ4n) is 1.42. The number of nitrogens with zero attached hydrogens (tertiary/aromatic N) is 1. The van der Waals surface area contributed by atoms with E-state index in [0.717, 1.165) is 12.8 Å². The smallest absolute Gasteiger partial charge is 0.319 e. The second-order valence-corrected chi connectivity index (χ2v) is 3.69. The molecule has 0 spiro atoms. The first-order valence-corrected chi connectivity index (χ1v) is 5.03. The maximum absolute atomic E-state index is 11.5. The maximum Gasteiger partial charge on any atom is 0.319 e. The van der Waals surface area contributed by atoms with Gasteiger partial charge in [0.1, 0.15) is 0 Å². The van der Waals surface area contributed by atoms with E-state index in [9.17, 15) is 4.79 Å². The molecule has 1 aromatic rings. The first-order valence-electron chi connectivity index (χ1n) is 5.03. The van der Waals surface area contributed by atoms with Crippen LogP contribution in [0.3, 0.4) is 0 Å². The Morgan fingerprint density at radius 2 is 2.33 bits per heavy atom. The minimum Gasteiger partial charge on any atom is -0.396 e. The zero-order valence-corrected chi connectivity index (χ0v) is 8.36. The van der Waals surface area contributed by atoms with E-state index in [1.54, 1.807) is 12.3 Å². The number of nitrogens with one attached hydrogen (secondary N) is 2. The van der Waals surface area contributed by atoms with Crippen LogP contribution in [0.1, 0.15) is 19.3 Å². The summed E-state index contributed by atoms with van der Waals surface area (Å²) in [5.74, 6) is 0. The Kier molecular flexibility index (Phi) is 2.71. The van der Waals surface area contributed by atoms with E-state index in [4.69, 9.17) is 5.73 Å². The zero-order chi connectivity index (χ0) is 10.7. The van der Waals surface area contributed by atoms with Crippen molar-refractivity contribution in [2.24, 2.45) is 0 Å². The number of hydrogen-bond acceptors (Lipinski definition) is 3. The van der Waals surface area contributed by atoms with E-state index < -0.39 is 0 Å². The van der Waals surface area contributed by atoms with Crippen LogP contribution in [0, 0.1) is 0 Å². The Hall–Kier alpha value is -1.78. The van der Waals surface area contributed by atoms with Gasteiger partial charge in [0.2, 0.25) is 0 Å². The van der Waals surface area contributed by atoms with Crippen LogP contribution in [0.2, 0.25) is 0 Å². The lowest BCUT2D eigenvalue weighted by Gasteiger charge is -2.26. The summed E-state index contributed by atoms with van der Waals surface area (Å²) in [7, 11) is 0. The average Bonchev–Trinajstić information content (AvgIpc) is 2.16. The van der Waals surface area contributed by atoms with Gasteiger partial charge in [0.15, 0.2) is 0 Å². The van der Waals surface area contributed by atoms with E-state index >= 15 is 0 Å². The second kappa shape index (κ2) is 4.16. The molecule has 15 heavy (non-hydrogen) atoms. The lowest BCUT2D eigenvalue weighted by molar-refractivity contribution is 0.240. The first kappa shape index (κ1) is 9.76. The molecule has 1 fully saturated rings. The minimum atomic E-state index is -0.197. The molecule has 5 heteroatoms. The number of carbonyl (C=O) groups excluding carboxylic acids is 1. The molecule has 0 saturated heterocycles. The lowest BCUT2D eigenvalue weighted by Crippen LogP contribution is -2.41. The van der Waals surface area contributed by atoms with E-state index in [2.05, 4.69) is 15.6 Å². The van der Waals surface area contributed by atoms with Gasteiger partial charge in [-0.3, -0.25) is 4.98 Å². The van der Waals surface area contributed by atoms with Crippen LogP contribution in [0.25, 0.3) is 0 Å². The van der Waals surface area contributed by atoms with Gasteiger partial charge in [-0.05, 0) is 25.3 Å². The molecular formula is C10H14N4O. The van der Waals surface area contributed by atoms with Crippen LogP contribution in [0.5, 0.6) is 0 Å². The number of pyridine rings is 1. The number of carbonyl (C=O) groups is 1. The molecule has 5 nitrogen and oxygen atoms in total. The van der Waals surface area contributed by atoms with Gasteiger partial charge in [0, 0.05) is 12.2 Å². The van der Waals surface area contributed by atoms with Crippen LogP contribution in [-0.2, 0) is 0 Å². The van der Waals surface area contributed by atoms with Crippen molar-refractivity contribution in [1.29, 1.82) is 0 Å². The molecule has 1 aliphatic rings. The number of rotatable bonds is 2. The van der Waals surface area contributed by atoms with Crippen molar-refractivity contribution in [3.05, 3.63) is 18.5 Å². The number of nitrogens with two attached hydrogens (primary N) is 1. The van der Waals surface area contributed by atoms with Crippen LogP contribution in [-0.4, -0.2) is 17.1 Å². The molecule has 0 radical (unpaired) electrons. The minimum absolute atomic E-state index is 0.197. The molecule has 2 rings (SSSR count). The van der Waals surface area contributed by atoms with Crippen molar-refractivity contribution >= 4 is 17.4 Å². The maximum atomic E-state index is 11.5. The predicted octanol–water partition coefficient (Wildman–Crippen LogP) is 1.34. The monoisotopic (exact) mass is 206 g/mol. The van der Waals surface area contributed by atoms with Crippen molar-refractivity contribution in [2.45, 2.75) is 25.3 Å². The highest BCUT2D eigenvalue weighted by molar-refractivity contribution is 5.92. The van der Waals surface area contributed by atoms with Crippen molar-refractivity contribution < 1.29 is 4.79 Å². The first-order chi connectivity index (χ1) is 7.25. The molecule has 1 heterocycles. The molecule has 4 N–H and O–H groups in total. The topological polar surface area (TPSA) is 80.0 Å². The summed E-state index contributed by atoms with van der Waals surface area (Å²) >= 11 is 0. The number of nitrogen functional groups attached to an aromatic ring is 1. The van der Waals surface area contributed by atoms with E-state index in [1.807, 2.05) is 0 Å². The van der Waals surface area contributed by atoms with Gasteiger partial charge in [0.05, 0.1) is 17.6 Å². The summed E-state index contributed by atoms with van der Waals surface area (Å²) in [6.45, 7) is 0. The van der Waals surface area contributed by atoms with Crippen molar-refractivity contribution in [3.63, 3.8) is 0 Å². The summed E-state index contributed by atoms with van der Waals surface area (Å²) in [6.07, 6.45) is 6.44. The van der Waals surface area contributed by atoms with Crippen LogP contribution >= 0.6 is 0 Å². The van der Waals surface area contributed by atoms with Gasteiger partial charge >= 0.3 is 6.03 Å². The van der Waals surface area contributed by atoms with Crippen molar-refractivity contribution in [3.8, 4) is 0 Å². The van der Waals surface area contributed by atoms with E-state index in [-0.39, 0.29) is 6.03 Å². The molecule has 0 bridgehead atoms. The SMILES string of the molecule is Nc1cnccc1NC(=O)NC1CCC1. The van der Waals surface area contributed by atoms with Crippen LogP contribution < -0.4 is 16.4 Å². The molecule has 2 amide bonds. The Balaban J connectivity index is 1.90. The Morgan fingerprint density at radius 1 is 1.53 bits per heavy atom. The van der Waals surface area contributed by atoms with Gasteiger partial charge in [-0.1, -0.05) is 0 Å². The fraction of sp³-hybridized carbons (Fsp3) is 0.400. The molecule has 0 aromatic carbocycles. The molecular weight excluding hydrogens is 192 g/mol. The largest absolute Gasteiger partial charge is 0.396 e. The summed E-state index contributed by atoms with van der Waals surface area (Å²) in [5.41, 5.74) is 6.71. The highest BCUT2D eigenvalue weighted by Crippen LogP contribution is 2.19. The van der Waals surface area contributed by atoms with Gasteiger partial charge in [-0.25, -0.2) is 4.79 Å². The Labute approximate surface area is 88.1 Å². The number of urea groups is 1. The van der Waals surface area contributed by atoms with Crippen molar-refractivity contribution in [1.82, 2.24) is 10.3 Å². The normalized spacial score (nSPS) is 15.5. The molecule has 0 unspecified atom stereocenters. The summed E-state index contributed by atoms with van der Waals surface area (Å²) in [6, 6.07) is 1.81. The average molecular weight is 206 g/mol. The Morgan fingerprint density at radius 3 is 2.93 bits per heavy atom. The second-order valence-electron chi connectivity index (χ2n) is 3.69. The zero-order valence-electron chi connectivity index (χ0n) is 8.36. The summed E-state index contributed by atoms with van der Waals surface area (Å²) in [4.78, 5) is 15.3. The van der Waals surface area contributed by atoms with Gasteiger partial charge in [-0.15, -0.1) is 0 Å². The quantitative estimate of drug-likeness (QED) is 0.683.